The Hall–Kier alpha value is -1.23. The van der Waals surface area contributed by atoms with E-state index in [9.17, 15) is 40.8 Å². The number of nitro groups is 1. The Kier molecular flexibility index (Phi) is 4.68. The highest BCUT2D eigenvalue weighted by Crippen LogP contribution is 2.54. The summed E-state index contributed by atoms with van der Waals surface area (Å²) in [4.78, 5) is 8.41. The number of rotatable bonds is 4. The summed E-state index contributed by atoms with van der Waals surface area (Å²) in [6, 6.07) is 1.91. The number of thioether (sulfide) groups is 1. The third kappa shape index (κ3) is 3.51. The Morgan fingerprint density at radius 3 is 2.05 bits per heavy atom. The van der Waals surface area contributed by atoms with Gasteiger partial charge in [-0.05, 0) is 17.8 Å². The van der Waals surface area contributed by atoms with E-state index in [2.05, 4.69) is 0 Å². The minimum Gasteiger partial charge on any atom is -0.258 e. The fourth-order valence-electron chi connectivity index (χ4n) is 1.05. The largest absolute Gasteiger partial charge is 0.460 e. The summed E-state index contributed by atoms with van der Waals surface area (Å²) in [5, 5.41) is 4.21. The van der Waals surface area contributed by atoms with Crippen LogP contribution < -0.4 is 0 Å². The Bertz CT molecular complexity index is 564. The Labute approximate surface area is 121 Å². The molecule has 0 aliphatic rings. The lowest BCUT2D eigenvalue weighted by Gasteiger charge is -2.27. The van der Waals surface area contributed by atoms with Crippen LogP contribution in [0.3, 0.4) is 0 Å². The zero-order chi connectivity index (χ0) is 16.6. The van der Waals surface area contributed by atoms with Crippen LogP contribution in [0.1, 0.15) is 0 Å². The molecule has 0 spiro atoms. The van der Waals surface area contributed by atoms with Gasteiger partial charge in [0.2, 0.25) is 0 Å². The third-order valence-corrected chi connectivity index (χ3v) is 3.60. The van der Waals surface area contributed by atoms with Gasteiger partial charge in [0.25, 0.3) is 5.69 Å². The van der Waals surface area contributed by atoms with Gasteiger partial charge >= 0.3 is 17.4 Å². The molecule has 0 N–H and O–H groups in total. The summed E-state index contributed by atoms with van der Waals surface area (Å²) in [6.07, 6.45) is -6.49. The highest BCUT2D eigenvalue weighted by atomic mass is 35.5. The lowest BCUT2D eigenvalue weighted by atomic mass is 10.3. The van der Waals surface area contributed by atoms with Gasteiger partial charge in [0.15, 0.2) is 0 Å². The zero-order valence-corrected chi connectivity index (χ0v) is 11.0. The van der Waals surface area contributed by atoms with Crippen LogP contribution in [0.15, 0.2) is 23.1 Å². The molecular weight excluding hydrogens is 355 g/mol. The van der Waals surface area contributed by atoms with Crippen molar-refractivity contribution in [3.63, 3.8) is 0 Å². The number of hydrogen-bond acceptors (Lipinski definition) is 3. The second kappa shape index (κ2) is 5.52. The molecule has 0 saturated heterocycles. The molecule has 118 valence electrons. The van der Waals surface area contributed by atoms with Gasteiger partial charge in [-0.25, -0.2) is 0 Å². The lowest BCUT2D eigenvalue weighted by molar-refractivity contribution is -0.385. The van der Waals surface area contributed by atoms with Gasteiger partial charge in [-0.3, -0.25) is 10.1 Å². The van der Waals surface area contributed by atoms with Gasteiger partial charge in [-0.2, -0.15) is 30.7 Å². The fraction of sp³-hybridized carbons (Fsp3) is 0.333. The second-order valence-electron chi connectivity index (χ2n) is 3.56. The molecule has 0 aromatic heterocycles. The number of halogens is 8. The summed E-state index contributed by atoms with van der Waals surface area (Å²) >= 11 is 4.17. The van der Waals surface area contributed by atoms with E-state index in [1.165, 1.54) is 0 Å². The lowest BCUT2D eigenvalue weighted by Crippen LogP contribution is -2.49. The van der Waals surface area contributed by atoms with Gasteiger partial charge in [0.1, 0.15) is 0 Å². The second-order valence-corrected chi connectivity index (χ2v) is 5.13. The predicted octanol–water partition coefficient (Wildman–Crippen LogP) is 5.13. The number of alkyl halides is 7. The number of nitro benzene ring substituents is 1. The molecule has 3 nitrogen and oxygen atoms in total. The van der Waals surface area contributed by atoms with Crippen molar-refractivity contribution in [2.24, 2.45) is 0 Å². The first kappa shape index (κ1) is 17.8. The van der Waals surface area contributed by atoms with Crippen molar-refractivity contribution < 1.29 is 35.7 Å². The number of hydrogen-bond donors (Lipinski definition) is 0. The van der Waals surface area contributed by atoms with Gasteiger partial charge in [-0.15, -0.1) is 0 Å². The first-order valence-corrected chi connectivity index (χ1v) is 5.94. The third-order valence-electron chi connectivity index (χ3n) is 2.09. The fourth-order valence-corrected chi connectivity index (χ4v) is 2.15. The molecular formula is C9H3ClF7NO2S. The van der Waals surface area contributed by atoms with Crippen LogP contribution in [0, 0.1) is 10.1 Å². The highest BCUT2D eigenvalue weighted by molar-refractivity contribution is 8.00. The molecule has 0 aliphatic carbocycles. The predicted molar refractivity (Wildman–Crippen MR) is 59.9 cm³/mol. The number of benzene rings is 1. The van der Waals surface area contributed by atoms with Crippen LogP contribution in [-0.2, 0) is 0 Å². The van der Waals surface area contributed by atoms with Crippen molar-refractivity contribution in [3.8, 4) is 0 Å². The number of nitrogens with zero attached hydrogens (tertiary/aromatic N) is 1. The quantitative estimate of drug-likeness (QED) is 0.325. The van der Waals surface area contributed by atoms with Crippen molar-refractivity contribution in [1.82, 2.24) is 0 Å². The van der Waals surface area contributed by atoms with E-state index in [1.54, 1.807) is 0 Å². The van der Waals surface area contributed by atoms with Crippen molar-refractivity contribution in [2.75, 3.05) is 0 Å². The molecule has 0 atom stereocenters. The van der Waals surface area contributed by atoms with Crippen LogP contribution in [-0.4, -0.2) is 22.3 Å². The first-order valence-electron chi connectivity index (χ1n) is 4.75. The van der Waals surface area contributed by atoms with Crippen molar-refractivity contribution >= 4 is 29.1 Å². The van der Waals surface area contributed by atoms with E-state index in [0.717, 1.165) is 12.1 Å². The maximum absolute atomic E-state index is 13.2. The SMILES string of the molecule is O=[N+]([O-])c1ccc(Cl)c(SC(F)(F)C(F)(F)C(F)(F)F)c1. The average molecular weight is 358 g/mol. The maximum atomic E-state index is 13.2. The molecule has 0 amide bonds. The van der Waals surface area contributed by atoms with Crippen molar-refractivity contribution in [1.29, 1.82) is 0 Å². The topological polar surface area (TPSA) is 43.1 Å². The molecule has 0 radical (unpaired) electrons. The molecule has 0 aliphatic heterocycles. The van der Waals surface area contributed by atoms with E-state index in [0.29, 0.717) is 6.07 Å². The summed E-state index contributed by atoms with van der Waals surface area (Å²) in [7, 11) is 0. The Morgan fingerprint density at radius 1 is 1.10 bits per heavy atom. The summed E-state index contributed by atoms with van der Waals surface area (Å²) in [5.41, 5.74) is -0.784. The number of non-ortho nitro benzene ring substituents is 1. The van der Waals surface area contributed by atoms with E-state index in [4.69, 9.17) is 11.6 Å². The Morgan fingerprint density at radius 2 is 1.62 bits per heavy atom. The van der Waals surface area contributed by atoms with Crippen molar-refractivity contribution in [2.45, 2.75) is 22.2 Å². The summed E-state index contributed by atoms with van der Waals surface area (Å²) in [6.45, 7) is 0. The standard InChI is InChI=1S/C9H3ClF7NO2S/c10-5-2-1-4(18(19)20)3-6(5)21-9(16,17)7(11,12)8(13,14)15/h1-3H. The van der Waals surface area contributed by atoms with E-state index < -0.39 is 49.6 Å². The monoisotopic (exact) mass is 357 g/mol. The van der Waals surface area contributed by atoms with Crippen LogP contribution in [0.2, 0.25) is 5.02 Å². The van der Waals surface area contributed by atoms with Gasteiger partial charge in [0.05, 0.1) is 9.95 Å². The molecule has 0 heterocycles. The molecule has 1 rings (SSSR count). The van der Waals surface area contributed by atoms with Crippen molar-refractivity contribution in [3.05, 3.63) is 33.3 Å². The van der Waals surface area contributed by atoms with Crippen LogP contribution in [0.5, 0.6) is 0 Å². The minimum absolute atomic E-state index is 0.382. The van der Waals surface area contributed by atoms with Gasteiger partial charge in [-0.1, -0.05) is 11.6 Å². The molecule has 0 unspecified atom stereocenters. The van der Waals surface area contributed by atoms with E-state index in [-0.39, 0.29) is 0 Å². The van der Waals surface area contributed by atoms with Crippen LogP contribution in [0.4, 0.5) is 36.4 Å². The molecule has 0 fully saturated rings. The molecule has 1 aromatic rings. The molecule has 12 heteroatoms. The molecule has 21 heavy (non-hydrogen) atoms. The highest BCUT2D eigenvalue weighted by Gasteiger charge is 2.73. The average Bonchev–Trinajstić information content (AvgIpc) is 2.29. The summed E-state index contributed by atoms with van der Waals surface area (Å²) in [5.74, 6) is -6.33. The maximum Gasteiger partial charge on any atom is 0.460 e. The molecule has 0 saturated carbocycles. The van der Waals surface area contributed by atoms with Crippen LogP contribution >= 0.6 is 23.4 Å². The zero-order valence-electron chi connectivity index (χ0n) is 9.43. The van der Waals surface area contributed by atoms with E-state index in [1.807, 2.05) is 0 Å². The summed E-state index contributed by atoms with van der Waals surface area (Å²) < 4.78 is 87.6. The first-order chi connectivity index (χ1) is 9.29. The van der Waals surface area contributed by atoms with Crippen LogP contribution in [0.25, 0.3) is 0 Å². The smallest absolute Gasteiger partial charge is 0.258 e. The van der Waals surface area contributed by atoms with E-state index >= 15 is 0 Å². The van der Waals surface area contributed by atoms with Gasteiger partial charge in [0, 0.05) is 17.0 Å². The normalized spacial score (nSPS) is 13.3. The molecule has 1 aromatic carbocycles. The van der Waals surface area contributed by atoms with Gasteiger partial charge < -0.3 is 0 Å². The molecule has 0 bridgehead atoms. The Balaban J connectivity index is 3.21. The minimum atomic E-state index is -6.49.